The third-order valence-corrected chi connectivity index (χ3v) is 1.67. The standard InChI is InChI=1S/C9H13N3O3/c10-6-1-2-7(8(14)5-6)12-9(15)11-3-4-13/h1-2,5,13-14H,3-4,10H2,(H2,11,12,15). The topological polar surface area (TPSA) is 108 Å². The number of hydrogen-bond donors (Lipinski definition) is 5. The molecule has 1 aromatic carbocycles. The van der Waals surface area contributed by atoms with Crippen molar-refractivity contribution < 1.29 is 15.0 Å². The molecule has 0 heterocycles. The lowest BCUT2D eigenvalue weighted by Crippen LogP contribution is -2.30. The highest BCUT2D eigenvalue weighted by Gasteiger charge is 2.05. The van der Waals surface area contributed by atoms with Crippen LogP contribution in [0.15, 0.2) is 18.2 Å². The maximum absolute atomic E-state index is 11.1. The smallest absolute Gasteiger partial charge is 0.319 e. The van der Waals surface area contributed by atoms with Gasteiger partial charge in [-0.2, -0.15) is 0 Å². The van der Waals surface area contributed by atoms with E-state index in [1.165, 1.54) is 12.1 Å². The van der Waals surface area contributed by atoms with E-state index >= 15 is 0 Å². The number of urea groups is 1. The van der Waals surface area contributed by atoms with Crippen molar-refractivity contribution in [2.45, 2.75) is 0 Å². The maximum atomic E-state index is 11.1. The fraction of sp³-hybridized carbons (Fsp3) is 0.222. The van der Waals surface area contributed by atoms with Crippen molar-refractivity contribution in [1.82, 2.24) is 5.32 Å². The summed E-state index contributed by atoms with van der Waals surface area (Å²) in [5.41, 5.74) is 6.09. The lowest BCUT2D eigenvalue weighted by Gasteiger charge is -2.08. The average molecular weight is 211 g/mol. The number of rotatable bonds is 3. The van der Waals surface area contributed by atoms with E-state index in [9.17, 15) is 9.90 Å². The summed E-state index contributed by atoms with van der Waals surface area (Å²) < 4.78 is 0. The lowest BCUT2D eigenvalue weighted by molar-refractivity contribution is 0.244. The molecule has 0 radical (unpaired) electrons. The molecule has 0 aliphatic rings. The monoisotopic (exact) mass is 211 g/mol. The van der Waals surface area contributed by atoms with Crippen LogP contribution in [0.1, 0.15) is 0 Å². The molecule has 6 N–H and O–H groups in total. The highest BCUT2D eigenvalue weighted by molar-refractivity contribution is 5.91. The van der Waals surface area contributed by atoms with Gasteiger partial charge in [-0.3, -0.25) is 0 Å². The van der Waals surface area contributed by atoms with Crippen LogP contribution in [0.3, 0.4) is 0 Å². The van der Waals surface area contributed by atoms with Gasteiger partial charge in [0.1, 0.15) is 5.75 Å². The summed E-state index contributed by atoms with van der Waals surface area (Å²) in [6, 6.07) is 3.88. The Morgan fingerprint density at radius 1 is 1.47 bits per heavy atom. The molecule has 6 heteroatoms. The first-order valence-corrected chi connectivity index (χ1v) is 4.37. The molecule has 6 nitrogen and oxygen atoms in total. The molecule has 0 aliphatic carbocycles. The van der Waals surface area contributed by atoms with E-state index in [0.717, 1.165) is 0 Å². The maximum Gasteiger partial charge on any atom is 0.319 e. The van der Waals surface area contributed by atoms with Gasteiger partial charge in [-0.25, -0.2) is 4.79 Å². The first-order valence-electron chi connectivity index (χ1n) is 4.37. The number of phenolic OH excluding ortho intramolecular Hbond substituents is 1. The van der Waals surface area contributed by atoms with Gasteiger partial charge < -0.3 is 26.6 Å². The molecule has 15 heavy (non-hydrogen) atoms. The Kier molecular flexibility index (Phi) is 3.75. The zero-order valence-corrected chi connectivity index (χ0v) is 8.03. The second kappa shape index (κ2) is 5.06. The molecular weight excluding hydrogens is 198 g/mol. The summed E-state index contributed by atoms with van der Waals surface area (Å²) in [5, 5.41) is 22.6. The van der Waals surface area contributed by atoms with Gasteiger partial charge in [0.2, 0.25) is 0 Å². The summed E-state index contributed by atoms with van der Waals surface area (Å²) in [6.45, 7) is 0.0166. The van der Waals surface area contributed by atoms with Crippen molar-refractivity contribution in [3.8, 4) is 5.75 Å². The molecule has 0 bridgehead atoms. The van der Waals surface area contributed by atoms with Crippen molar-refractivity contribution in [3.63, 3.8) is 0 Å². The van der Waals surface area contributed by atoms with Gasteiger partial charge in [0.15, 0.2) is 0 Å². The number of aromatic hydroxyl groups is 1. The number of aliphatic hydroxyl groups is 1. The number of benzene rings is 1. The average Bonchev–Trinajstić information content (AvgIpc) is 2.19. The second-order valence-electron chi connectivity index (χ2n) is 2.88. The second-order valence-corrected chi connectivity index (χ2v) is 2.88. The third-order valence-electron chi connectivity index (χ3n) is 1.67. The van der Waals surface area contributed by atoms with Gasteiger partial charge in [-0.05, 0) is 12.1 Å². The first kappa shape index (κ1) is 11.1. The van der Waals surface area contributed by atoms with Crippen LogP contribution in [-0.2, 0) is 0 Å². The molecule has 0 unspecified atom stereocenters. The summed E-state index contributed by atoms with van der Waals surface area (Å²) in [5.74, 6) is -0.103. The van der Waals surface area contributed by atoms with E-state index in [-0.39, 0.29) is 24.6 Å². The van der Waals surface area contributed by atoms with Crippen molar-refractivity contribution in [2.75, 3.05) is 24.2 Å². The number of nitrogens with one attached hydrogen (secondary N) is 2. The predicted molar refractivity (Wildman–Crippen MR) is 56.6 cm³/mol. The number of phenols is 1. The fourth-order valence-electron chi connectivity index (χ4n) is 0.990. The predicted octanol–water partition coefficient (Wildman–Crippen LogP) is 0.0882. The highest BCUT2D eigenvalue weighted by Crippen LogP contribution is 2.24. The Hall–Kier alpha value is -1.95. The van der Waals surface area contributed by atoms with Gasteiger partial charge in [0.05, 0.1) is 12.3 Å². The number of carbonyl (C=O) groups is 1. The number of carbonyl (C=O) groups excluding carboxylic acids is 1. The van der Waals surface area contributed by atoms with E-state index in [0.29, 0.717) is 5.69 Å². The third kappa shape index (κ3) is 3.35. The van der Waals surface area contributed by atoms with Crippen molar-refractivity contribution >= 4 is 17.4 Å². The van der Waals surface area contributed by atoms with E-state index in [4.69, 9.17) is 10.8 Å². The SMILES string of the molecule is Nc1ccc(NC(=O)NCCO)c(O)c1. The minimum Gasteiger partial charge on any atom is -0.506 e. The van der Waals surface area contributed by atoms with Crippen LogP contribution in [0.4, 0.5) is 16.2 Å². The Balaban J connectivity index is 2.60. The van der Waals surface area contributed by atoms with Crippen LogP contribution in [0.2, 0.25) is 0 Å². The van der Waals surface area contributed by atoms with Gasteiger partial charge in [-0.1, -0.05) is 0 Å². The Bertz CT molecular complexity index is 354. The molecule has 82 valence electrons. The quantitative estimate of drug-likeness (QED) is 0.360. The van der Waals surface area contributed by atoms with E-state index in [2.05, 4.69) is 10.6 Å². The molecule has 0 aliphatic heterocycles. The van der Waals surface area contributed by atoms with Crippen LogP contribution in [0.25, 0.3) is 0 Å². The normalized spacial score (nSPS) is 9.67. The Labute approximate surface area is 86.7 Å². The van der Waals surface area contributed by atoms with Crippen LogP contribution < -0.4 is 16.4 Å². The minimum atomic E-state index is -0.496. The minimum absolute atomic E-state index is 0.103. The number of nitrogens with two attached hydrogens (primary N) is 1. The fourth-order valence-corrected chi connectivity index (χ4v) is 0.990. The van der Waals surface area contributed by atoms with Gasteiger partial charge >= 0.3 is 6.03 Å². The molecule has 0 saturated heterocycles. The van der Waals surface area contributed by atoms with Crippen molar-refractivity contribution in [1.29, 1.82) is 0 Å². The molecule has 0 saturated carbocycles. The van der Waals surface area contributed by atoms with E-state index in [1.807, 2.05) is 0 Å². The summed E-state index contributed by atoms with van der Waals surface area (Å²) >= 11 is 0. The molecule has 1 rings (SSSR count). The summed E-state index contributed by atoms with van der Waals surface area (Å²) in [4.78, 5) is 11.1. The van der Waals surface area contributed by atoms with E-state index < -0.39 is 6.03 Å². The molecule has 2 amide bonds. The summed E-state index contributed by atoms with van der Waals surface area (Å²) in [7, 11) is 0. The van der Waals surface area contributed by atoms with Gasteiger partial charge in [0.25, 0.3) is 0 Å². The zero-order valence-electron chi connectivity index (χ0n) is 8.03. The Morgan fingerprint density at radius 2 is 2.20 bits per heavy atom. The summed E-state index contributed by atoms with van der Waals surface area (Å²) in [6.07, 6.45) is 0. The highest BCUT2D eigenvalue weighted by atomic mass is 16.3. The van der Waals surface area contributed by atoms with Crippen LogP contribution in [0.5, 0.6) is 5.75 Å². The Morgan fingerprint density at radius 3 is 2.80 bits per heavy atom. The van der Waals surface area contributed by atoms with Crippen LogP contribution in [0, 0.1) is 0 Å². The molecule has 0 atom stereocenters. The van der Waals surface area contributed by atoms with Gasteiger partial charge in [-0.15, -0.1) is 0 Å². The largest absolute Gasteiger partial charge is 0.506 e. The van der Waals surface area contributed by atoms with Crippen molar-refractivity contribution in [3.05, 3.63) is 18.2 Å². The van der Waals surface area contributed by atoms with E-state index in [1.54, 1.807) is 6.07 Å². The molecule has 0 aromatic heterocycles. The van der Waals surface area contributed by atoms with Crippen molar-refractivity contribution in [2.24, 2.45) is 0 Å². The number of hydrogen-bond acceptors (Lipinski definition) is 4. The number of aliphatic hydroxyl groups excluding tert-OH is 1. The first-order chi connectivity index (χ1) is 7.13. The molecule has 0 fully saturated rings. The molecule has 1 aromatic rings. The van der Waals surface area contributed by atoms with Crippen LogP contribution >= 0.6 is 0 Å². The molecule has 0 spiro atoms. The number of amides is 2. The lowest BCUT2D eigenvalue weighted by atomic mass is 10.2. The zero-order chi connectivity index (χ0) is 11.3. The molecular formula is C9H13N3O3. The van der Waals surface area contributed by atoms with Gasteiger partial charge in [0, 0.05) is 18.3 Å². The van der Waals surface area contributed by atoms with Crippen LogP contribution in [-0.4, -0.2) is 29.4 Å². The number of anilines is 2. The number of nitrogen functional groups attached to an aromatic ring is 1.